The summed E-state index contributed by atoms with van der Waals surface area (Å²) in [5.74, 6) is -2.72. The second kappa shape index (κ2) is 6.12. The van der Waals surface area contributed by atoms with E-state index in [4.69, 9.17) is 36.0 Å². The summed E-state index contributed by atoms with van der Waals surface area (Å²) in [4.78, 5) is 0. The maximum Gasteiger partial charge on any atom is 0.257 e. The van der Waals surface area contributed by atoms with Gasteiger partial charge in [0.1, 0.15) is 0 Å². The van der Waals surface area contributed by atoms with Gasteiger partial charge < -0.3 is 0 Å². The van der Waals surface area contributed by atoms with Gasteiger partial charge in [-0.2, -0.15) is 13.5 Å². The molecule has 22 heavy (non-hydrogen) atoms. The monoisotopic (exact) mass is 405 g/mol. The first-order valence-electron chi connectivity index (χ1n) is 7.39. The second-order valence-electron chi connectivity index (χ2n) is 6.03. The molecule has 0 atom stereocenters. The summed E-state index contributed by atoms with van der Waals surface area (Å²) in [6, 6.07) is 0. The van der Waals surface area contributed by atoms with Crippen LogP contribution in [-0.4, -0.2) is 73.1 Å². The second-order valence-corrected chi connectivity index (χ2v) is 17.3. The molecule has 0 amide bonds. The van der Waals surface area contributed by atoms with Crippen molar-refractivity contribution in [1.82, 2.24) is 18.7 Å². The highest BCUT2D eigenvalue weighted by atomic mass is 35.9. The van der Waals surface area contributed by atoms with Crippen LogP contribution in [0.5, 0.6) is 0 Å². The lowest BCUT2D eigenvalue weighted by atomic mass is 10.4. The molecule has 0 unspecified atom stereocenters. The van der Waals surface area contributed by atoms with Gasteiger partial charge in [-0.15, -0.1) is 0 Å². The molecular formula is C10H24Cl2N7P3. The first-order valence-corrected chi connectivity index (χ1v) is 14.1. The van der Waals surface area contributed by atoms with Crippen molar-refractivity contribution < 1.29 is 0 Å². The van der Waals surface area contributed by atoms with Gasteiger partial charge in [0, 0.05) is 26.2 Å². The van der Waals surface area contributed by atoms with Crippen molar-refractivity contribution in [3.63, 3.8) is 0 Å². The molecule has 0 aromatic rings. The molecule has 0 aromatic heterocycles. The van der Waals surface area contributed by atoms with Gasteiger partial charge in [0.15, 0.2) is 0 Å². The lowest BCUT2D eigenvalue weighted by molar-refractivity contribution is 0.366. The fraction of sp³-hybridized carbons (Fsp3) is 1.00. The lowest BCUT2D eigenvalue weighted by Gasteiger charge is -2.49. The summed E-state index contributed by atoms with van der Waals surface area (Å²) >= 11 is 13.2. The van der Waals surface area contributed by atoms with E-state index in [2.05, 4.69) is 46.9 Å². The predicted octanol–water partition coefficient (Wildman–Crippen LogP) is 4.85. The standard InChI is InChI=1S/C10H24Cl2N7P3/c1-16-7-5-8-17(2)21(16)13-20(11,12)14-22(15-21)18(3)9-6-10-19(22)4/h5-10H2,1-4H3. The first-order chi connectivity index (χ1) is 10.2. The highest BCUT2D eigenvalue weighted by molar-refractivity contribution is 8.13. The van der Waals surface area contributed by atoms with E-state index in [-0.39, 0.29) is 0 Å². The van der Waals surface area contributed by atoms with Crippen molar-refractivity contribution in [2.75, 3.05) is 54.4 Å². The van der Waals surface area contributed by atoms with Gasteiger partial charge >= 0.3 is 0 Å². The smallest absolute Gasteiger partial charge is 0.243 e. The molecule has 128 valence electrons. The molecule has 2 fully saturated rings. The Morgan fingerprint density at radius 3 is 1.41 bits per heavy atom. The number of nitrogens with zero attached hydrogens (tertiary/aromatic N) is 7. The van der Waals surface area contributed by atoms with Crippen molar-refractivity contribution in [3.05, 3.63) is 0 Å². The van der Waals surface area contributed by atoms with Gasteiger partial charge in [-0.05, 0) is 63.5 Å². The zero-order valence-corrected chi connectivity index (χ0v) is 17.7. The molecule has 0 aromatic carbocycles. The number of halogens is 2. The molecule has 0 radical (unpaired) electrons. The quantitative estimate of drug-likeness (QED) is 0.540. The Morgan fingerprint density at radius 1 is 0.636 bits per heavy atom. The van der Waals surface area contributed by atoms with Crippen LogP contribution < -0.4 is 0 Å². The van der Waals surface area contributed by atoms with Gasteiger partial charge in [0.25, 0.3) is 5.91 Å². The fourth-order valence-corrected chi connectivity index (χ4v) is 18.5. The van der Waals surface area contributed by atoms with Gasteiger partial charge in [0.05, 0.1) is 0 Å². The summed E-state index contributed by atoms with van der Waals surface area (Å²) in [6.07, 6.45) is 2.23. The average molecular weight is 406 g/mol. The van der Waals surface area contributed by atoms with E-state index >= 15 is 0 Å². The molecule has 0 bridgehead atoms. The molecule has 3 aliphatic heterocycles. The Hall–Kier alpha value is 1.11. The van der Waals surface area contributed by atoms with Crippen LogP contribution in [-0.2, 0) is 0 Å². The summed E-state index contributed by atoms with van der Waals surface area (Å²) in [7, 11) is 3.93. The highest BCUT2D eigenvalue weighted by Gasteiger charge is 2.46. The normalized spacial score (nSPS) is 32.5. The fourth-order valence-electron chi connectivity index (χ4n) is 3.16. The van der Waals surface area contributed by atoms with Crippen LogP contribution in [0.2, 0.25) is 0 Å². The van der Waals surface area contributed by atoms with Gasteiger partial charge in [0.2, 0.25) is 15.0 Å². The van der Waals surface area contributed by atoms with Crippen molar-refractivity contribution in [2.24, 2.45) is 13.5 Å². The molecule has 3 rings (SSSR count). The molecule has 2 saturated heterocycles. The van der Waals surface area contributed by atoms with Gasteiger partial charge in [-0.3, -0.25) is 0 Å². The number of hydrogen-bond acceptors (Lipinski definition) is 7. The van der Waals surface area contributed by atoms with Crippen LogP contribution in [0, 0.1) is 0 Å². The molecular weight excluding hydrogens is 382 g/mol. The van der Waals surface area contributed by atoms with E-state index in [1.165, 1.54) is 0 Å². The summed E-state index contributed by atoms with van der Waals surface area (Å²) in [5.41, 5.74) is 0. The zero-order valence-electron chi connectivity index (χ0n) is 13.5. The maximum atomic E-state index is 6.61. The topological polar surface area (TPSA) is 50.0 Å². The minimum Gasteiger partial charge on any atom is -0.243 e. The van der Waals surface area contributed by atoms with Crippen molar-refractivity contribution in [2.45, 2.75) is 12.8 Å². The van der Waals surface area contributed by atoms with Crippen LogP contribution in [0.25, 0.3) is 0 Å². The third kappa shape index (κ3) is 2.81. The summed E-state index contributed by atoms with van der Waals surface area (Å²) in [6.45, 7) is 3.91. The van der Waals surface area contributed by atoms with E-state index in [0.717, 1.165) is 39.0 Å². The molecule has 3 heterocycles. The molecule has 0 saturated carbocycles. The van der Waals surface area contributed by atoms with Gasteiger partial charge in [-0.1, -0.05) is 0 Å². The van der Waals surface area contributed by atoms with Gasteiger partial charge in [-0.25, -0.2) is 18.7 Å². The number of hydrogen-bond donors (Lipinski definition) is 0. The molecule has 0 N–H and O–H groups in total. The van der Waals surface area contributed by atoms with Crippen molar-refractivity contribution >= 4 is 43.4 Å². The minimum absolute atomic E-state index is 0.978. The number of rotatable bonds is 0. The largest absolute Gasteiger partial charge is 0.257 e. The molecule has 2 spiro atoms. The molecule has 0 aliphatic carbocycles. The third-order valence-corrected chi connectivity index (χ3v) is 16.9. The zero-order chi connectivity index (χ0) is 16.2. The van der Waals surface area contributed by atoms with Crippen LogP contribution in [0.1, 0.15) is 12.8 Å². The first kappa shape index (κ1) is 17.9. The molecule has 3 aliphatic rings. The van der Waals surface area contributed by atoms with Crippen molar-refractivity contribution in [3.8, 4) is 0 Å². The van der Waals surface area contributed by atoms with Crippen molar-refractivity contribution in [1.29, 1.82) is 0 Å². The highest BCUT2D eigenvalue weighted by Crippen LogP contribution is 2.84. The lowest BCUT2D eigenvalue weighted by Crippen LogP contribution is -2.37. The van der Waals surface area contributed by atoms with Crippen LogP contribution >= 0.6 is 43.4 Å². The van der Waals surface area contributed by atoms with E-state index < -0.39 is 20.9 Å². The summed E-state index contributed by atoms with van der Waals surface area (Å²) < 4.78 is 24.1. The van der Waals surface area contributed by atoms with E-state index in [0.29, 0.717) is 0 Å². The Kier molecular flexibility index (Phi) is 4.99. The average Bonchev–Trinajstić information content (AvgIpc) is 2.41. The predicted molar refractivity (Wildman–Crippen MR) is 99.5 cm³/mol. The Balaban J connectivity index is 2.29. The van der Waals surface area contributed by atoms with E-state index in [1.54, 1.807) is 0 Å². The van der Waals surface area contributed by atoms with Crippen LogP contribution in [0.4, 0.5) is 0 Å². The Morgan fingerprint density at radius 2 is 1.00 bits per heavy atom. The van der Waals surface area contributed by atoms with E-state index in [9.17, 15) is 0 Å². The van der Waals surface area contributed by atoms with Crippen LogP contribution in [0.15, 0.2) is 13.5 Å². The maximum absolute atomic E-state index is 6.61. The third-order valence-electron chi connectivity index (χ3n) is 4.45. The minimum atomic E-state index is -2.72. The molecule has 7 nitrogen and oxygen atoms in total. The Bertz CT molecular complexity index is 576. The van der Waals surface area contributed by atoms with Crippen LogP contribution in [0.3, 0.4) is 0 Å². The molecule has 12 heteroatoms. The summed E-state index contributed by atoms with van der Waals surface area (Å²) in [5, 5.41) is 0. The van der Waals surface area contributed by atoms with E-state index in [1.807, 2.05) is 0 Å². The SMILES string of the molecule is CN1CCCN(C)P12=NP(Cl)(Cl)=NP1(=N2)N(C)CCCN1C. The Labute approximate surface area is 143 Å².